The summed E-state index contributed by atoms with van der Waals surface area (Å²) >= 11 is 0. The van der Waals surface area contributed by atoms with Crippen molar-refractivity contribution < 1.29 is 38.1 Å². The lowest BCUT2D eigenvalue weighted by Crippen LogP contribution is -2.10. The number of ether oxygens (including phenoxy) is 2. The van der Waals surface area contributed by atoms with Crippen LogP contribution in [0, 0.1) is 0 Å². The number of carbonyl (C=O) groups is 2. The highest BCUT2D eigenvalue weighted by atomic mass is 16.5. The van der Waals surface area contributed by atoms with Gasteiger partial charge in [0, 0.05) is 12.1 Å². The second-order valence-electron chi connectivity index (χ2n) is 8.16. The van der Waals surface area contributed by atoms with Gasteiger partial charge in [-0.1, -0.05) is 36.4 Å². The third-order valence-electron chi connectivity index (χ3n) is 5.74. The van der Waals surface area contributed by atoms with E-state index in [0.29, 0.717) is 0 Å². The first kappa shape index (κ1) is 24.3. The molecule has 10 heteroatoms. The zero-order chi connectivity index (χ0) is 26.8. The molecule has 0 fully saturated rings. The Labute approximate surface area is 212 Å². The molecule has 2 N–H and O–H groups in total. The minimum atomic E-state index is -1.35. The highest BCUT2D eigenvalue weighted by molar-refractivity contribution is 5.90. The fourth-order valence-electron chi connectivity index (χ4n) is 3.96. The standard InChI is InChI=1S/C28H18O10/c29-17-11-23(27(31)32)37-21-9-3-7-19(25(17)21)35-13-15-5-1-2-6-16(15)14-36-20-8-4-10-22-26(20)18(30)12-24(38-22)28(33)34/h1-12H,13-14H2,(H,31,32)(H,33,34). The fourth-order valence-corrected chi connectivity index (χ4v) is 3.96. The van der Waals surface area contributed by atoms with Crippen LogP contribution < -0.4 is 20.3 Å². The van der Waals surface area contributed by atoms with Gasteiger partial charge in [0.1, 0.15) is 46.7 Å². The molecule has 0 spiro atoms. The van der Waals surface area contributed by atoms with Crippen LogP contribution in [0.1, 0.15) is 32.2 Å². The smallest absolute Gasteiger partial charge is 0.371 e. The molecule has 38 heavy (non-hydrogen) atoms. The summed E-state index contributed by atoms with van der Waals surface area (Å²) in [5, 5.41) is 18.5. The molecule has 10 nitrogen and oxygen atoms in total. The first-order chi connectivity index (χ1) is 18.3. The summed E-state index contributed by atoms with van der Waals surface area (Å²) in [5.41, 5.74) is 0.552. The van der Waals surface area contributed by atoms with Crippen molar-refractivity contribution in [1.82, 2.24) is 0 Å². The van der Waals surface area contributed by atoms with E-state index < -0.39 is 34.3 Å². The van der Waals surface area contributed by atoms with Gasteiger partial charge in [-0.3, -0.25) is 9.59 Å². The zero-order valence-electron chi connectivity index (χ0n) is 19.5. The Morgan fingerprint density at radius 2 is 1.05 bits per heavy atom. The molecule has 0 unspecified atom stereocenters. The molecular formula is C28H18O10. The van der Waals surface area contributed by atoms with Gasteiger partial charge < -0.3 is 28.5 Å². The van der Waals surface area contributed by atoms with Crippen LogP contribution in [0.15, 0.2) is 91.2 Å². The van der Waals surface area contributed by atoms with Gasteiger partial charge in [-0.25, -0.2) is 9.59 Å². The van der Waals surface area contributed by atoms with Crippen LogP contribution in [0.25, 0.3) is 21.9 Å². The average Bonchev–Trinajstić information content (AvgIpc) is 2.90. The van der Waals surface area contributed by atoms with E-state index in [1.54, 1.807) is 36.4 Å². The molecule has 0 amide bonds. The van der Waals surface area contributed by atoms with E-state index in [2.05, 4.69) is 0 Å². The van der Waals surface area contributed by atoms with Crippen LogP contribution in [-0.4, -0.2) is 22.2 Å². The quantitative estimate of drug-likeness (QED) is 0.303. The SMILES string of the molecule is O=C(O)c1cc(=O)c2c(OCc3ccccc3COc3cccc4oc(C(=O)O)cc(=O)c34)cccc2o1. The van der Waals surface area contributed by atoms with Crippen molar-refractivity contribution in [3.05, 3.63) is 116 Å². The largest absolute Gasteiger partial charge is 0.488 e. The predicted octanol–water partition coefficient (Wildman–Crippen LogP) is 4.45. The molecule has 3 aromatic carbocycles. The van der Waals surface area contributed by atoms with Gasteiger partial charge in [0.25, 0.3) is 0 Å². The lowest BCUT2D eigenvalue weighted by molar-refractivity contribution is 0.0653. The fraction of sp³-hybridized carbons (Fsp3) is 0.0714. The zero-order valence-corrected chi connectivity index (χ0v) is 19.5. The van der Waals surface area contributed by atoms with Gasteiger partial charge >= 0.3 is 11.9 Å². The van der Waals surface area contributed by atoms with Gasteiger partial charge in [-0.15, -0.1) is 0 Å². The van der Waals surface area contributed by atoms with Crippen LogP contribution in [0.4, 0.5) is 0 Å². The van der Waals surface area contributed by atoms with E-state index in [4.69, 9.17) is 28.5 Å². The number of benzene rings is 3. The molecule has 0 bridgehead atoms. The van der Waals surface area contributed by atoms with Crippen molar-refractivity contribution in [1.29, 1.82) is 0 Å². The number of hydrogen-bond donors (Lipinski definition) is 2. The van der Waals surface area contributed by atoms with Crippen LogP contribution in [0.2, 0.25) is 0 Å². The molecule has 0 saturated heterocycles. The first-order valence-corrected chi connectivity index (χ1v) is 11.2. The number of carboxylic acids is 2. The summed E-state index contributed by atoms with van der Waals surface area (Å²) in [5.74, 6) is -3.19. The van der Waals surface area contributed by atoms with Gasteiger partial charge in [-0.2, -0.15) is 0 Å². The number of rotatable bonds is 8. The average molecular weight is 514 g/mol. The van der Waals surface area contributed by atoms with Crippen molar-refractivity contribution in [2.75, 3.05) is 0 Å². The van der Waals surface area contributed by atoms with E-state index in [1.807, 2.05) is 12.1 Å². The minimum absolute atomic E-state index is 0.0540. The predicted molar refractivity (Wildman–Crippen MR) is 134 cm³/mol. The Balaban J connectivity index is 1.40. The Kier molecular flexibility index (Phi) is 6.36. The molecule has 2 heterocycles. The maximum atomic E-state index is 12.6. The van der Waals surface area contributed by atoms with Gasteiger partial charge in [-0.05, 0) is 35.4 Å². The van der Waals surface area contributed by atoms with Crippen molar-refractivity contribution >= 4 is 33.9 Å². The summed E-state index contributed by atoms with van der Waals surface area (Å²) in [7, 11) is 0. The molecule has 0 aliphatic carbocycles. The van der Waals surface area contributed by atoms with Crippen LogP contribution in [-0.2, 0) is 13.2 Å². The van der Waals surface area contributed by atoms with E-state index in [9.17, 15) is 19.2 Å². The lowest BCUT2D eigenvalue weighted by Gasteiger charge is -2.14. The van der Waals surface area contributed by atoms with E-state index in [-0.39, 0.29) is 46.7 Å². The molecule has 5 aromatic rings. The third-order valence-corrected chi connectivity index (χ3v) is 5.74. The molecule has 0 saturated carbocycles. The Morgan fingerprint density at radius 3 is 1.45 bits per heavy atom. The maximum absolute atomic E-state index is 12.6. The van der Waals surface area contributed by atoms with Gasteiger partial charge in [0.2, 0.25) is 11.5 Å². The molecule has 0 atom stereocenters. The summed E-state index contributed by atoms with van der Waals surface area (Å²) in [6, 6.07) is 18.3. The van der Waals surface area contributed by atoms with Crippen molar-refractivity contribution in [2.24, 2.45) is 0 Å². The van der Waals surface area contributed by atoms with Crippen molar-refractivity contribution in [2.45, 2.75) is 13.2 Å². The summed E-state index contributed by atoms with van der Waals surface area (Å²) in [6.45, 7) is 0.108. The number of fused-ring (bicyclic) bond motifs is 2. The first-order valence-electron chi connectivity index (χ1n) is 11.2. The highest BCUT2D eigenvalue weighted by Gasteiger charge is 2.16. The lowest BCUT2D eigenvalue weighted by atomic mass is 10.1. The monoisotopic (exact) mass is 514 g/mol. The van der Waals surface area contributed by atoms with Crippen LogP contribution >= 0.6 is 0 Å². The molecule has 190 valence electrons. The molecule has 5 rings (SSSR count). The van der Waals surface area contributed by atoms with Crippen LogP contribution in [0.3, 0.4) is 0 Å². The third kappa shape index (κ3) is 4.70. The second-order valence-corrected chi connectivity index (χ2v) is 8.16. The Bertz CT molecular complexity index is 1700. The van der Waals surface area contributed by atoms with Crippen LogP contribution in [0.5, 0.6) is 11.5 Å². The van der Waals surface area contributed by atoms with E-state index in [1.165, 1.54) is 12.1 Å². The molecule has 0 aliphatic rings. The number of aromatic carboxylic acids is 2. The minimum Gasteiger partial charge on any atom is -0.488 e. The molecular weight excluding hydrogens is 496 g/mol. The summed E-state index contributed by atoms with van der Waals surface area (Å²) in [6.07, 6.45) is 0. The number of carboxylic acid groups (broad SMARTS) is 2. The van der Waals surface area contributed by atoms with E-state index >= 15 is 0 Å². The Hall–Kier alpha value is -5.38. The number of hydrogen-bond acceptors (Lipinski definition) is 8. The van der Waals surface area contributed by atoms with Crippen molar-refractivity contribution in [3.8, 4) is 11.5 Å². The maximum Gasteiger partial charge on any atom is 0.371 e. The van der Waals surface area contributed by atoms with Crippen molar-refractivity contribution in [3.63, 3.8) is 0 Å². The van der Waals surface area contributed by atoms with Gasteiger partial charge in [0.15, 0.2) is 10.9 Å². The molecule has 0 radical (unpaired) electrons. The Morgan fingerprint density at radius 1 is 0.632 bits per heavy atom. The molecule has 0 aliphatic heterocycles. The summed E-state index contributed by atoms with van der Waals surface area (Å²) < 4.78 is 22.5. The molecule has 2 aromatic heterocycles. The van der Waals surface area contributed by atoms with Gasteiger partial charge in [0.05, 0.1) is 0 Å². The van der Waals surface area contributed by atoms with E-state index in [0.717, 1.165) is 23.3 Å². The topological polar surface area (TPSA) is 153 Å². The summed E-state index contributed by atoms with van der Waals surface area (Å²) in [4.78, 5) is 47.5. The second kappa shape index (κ2) is 9.94. The highest BCUT2D eigenvalue weighted by Crippen LogP contribution is 2.27. The normalized spacial score (nSPS) is 10.9.